The molecule has 7 rings (SSSR count). The van der Waals surface area contributed by atoms with Crippen molar-refractivity contribution in [3.63, 3.8) is 0 Å². The molecule has 0 saturated heterocycles. The zero-order valence-electron chi connectivity index (χ0n) is 32.7. The Balaban J connectivity index is 1.54. The number of benzene rings is 7. The highest BCUT2D eigenvalue weighted by Crippen LogP contribution is 2.29. The van der Waals surface area contributed by atoms with E-state index in [9.17, 15) is 0 Å². The Labute approximate surface area is 338 Å². The molecule has 2 nitrogen and oxygen atoms in total. The van der Waals surface area contributed by atoms with Crippen molar-refractivity contribution in [3.8, 4) is 0 Å². The second kappa shape index (κ2) is 19.3. The second-order valence-electron chi connectivity index (χ2n) is 14.8. The van der Waals surface area contributed by atoms with Gasteiger partial charge < -0.3 is 8.23 Å². The maximum Gasteiger partial charge on any atom is 0.353 e. The van der Waals surface area contributed by atoms with Gasteiger partial charge in [-0.3, -0.25) is 0 Å². The zero-order valence-corrected chi connectivity index (χ0v) is 35.7. The molecule has 282 valence electrons. The summed E-state index contributed by atoms with van der Waals surface area (Å²) in [5.41, 5.74) is 0. The molecule has 0 aliphatic rings. The highest BCUT2D eigenvalue weighted by atomic mass is 28.5. The maximum absolute atomic E-state index is 8.63. The van der Waals surface area contributed by atoms with Gasteiger partial charge in [0.25, 0.3) is 16.6 Å². The van der Waals surface area contributed by atoms with Crippen LogP contribution in [0.15, 0.2) is 212 Å². The molecule has 0 heterocycles. The molecule has 7 aromatic rings. The molecule has 0 fully saturated rings. The fraction of sp³-hybridized carbons (Fsp3) is 0.176. The first-order valence-corrected chi connectivity index (χ1v) is 26.3. The van der Waals surface area contributed by atoms with Crippen LogP contribution in [0.5, 0.6) is 0 Å². The summed E-state index contributed by atoms with van der Waals surface area (Å²) in [6.07, 6.45) is 8.50. The highest BCUT2D eigenvalue weighted by molar-refractivity contribution is 7.15. The van der Waals surface area contributed by atoms with Crippen LogP contribution in [0.3, 0.4) is 0 Å². The van der Waals surface area contributed by atoms with Crippen LogP contribution in [-0.2, 0) is 8.23 Å². The normalized spacial score (nSPS) is 12.0. The summed E-state index contributed by atoms with van der Waals surface area (Å²) in [6, 6.07) is 78.2. The van der Waals surface area contributed by atoms with Crippen LogP contribution in [0.1, 0.15) is 51.9 Å². The van der Waals surface area contributed by atoms with E-state index in [0.29, 0.717) is 0 Å². The van der Waals surface area contributed by atoms with Gasteiger partial charge in [-0.15, -0.1) is 0 Å². The molecule has 0 aromatic heterocycles. The summed E-state index contributed by atoms with van der Waals surface area (Å²) in [6.45, 7) is 2.29. The van der Waals surface area contributed by atoms with E-state index in [1.54, 1.807) is 0 Å². The third-order valence-electron chi connectivity index (χ3n) is 11.0. The average molecular weight is 783 g/mol. The van der Waals surface area contributed by atoms with Crippen molar-refractivity contribution in [1.29, 1.82) is 0 Å². The van der Waals surface area contributed by atoms with Gasteiger partial charge >= 0.3 is 8.56 Å². The fourth-order valence-electron chi connectivity index (χ4n) is 8.28. The Morgan fingerprint density at radius 2 is 0.518 bits per heavy atom. The first-order chi connectivity index (χ1) is 27.7. The van der Waals surface area contributed by atoms with Gasteiger partial charge in [-0.25, -0.2) is 0 Å². The van der Waals surface area contributed by atoms with Gasteiger partial charge in [0.1, 0.15) is 0 Å². The van der Waals surface area contributed by atoms with Gasteiger partial charge in [-0.2, -0.15) is 0 Å². The molecule has 0 atom stereocenters. The van der Waals surface area contributed by atoms with Crippen LogP contribution in [0, 0.1) is 0 Å². The smallest absolute Gasteiger partial charge is 0.353 e. The predicted octanol–water partition coefficient (Wildman–Crippen LogP) is 8.45. The third kappa shape index (κ3) is 8.58. The Hall–Kier alpha value is -4.89. The summed E-state index contributed by atoms with van der Waals surface area (Å²) in [7, 11) is -10.0. The van der Waals surface area contributed by atoms with Crippen LogP contribution >= 0.6 is 0 Å². The van der Waals surface area contributed by atoms with Gasteiger partial charge in [0.05, 0.1) is 0 Å². The lowest BCUT2D eigenvalue weighted by molar-refractivity contribution is 0.404. The molecule has 7 aromatic carbocycles. The van der Waals surface area contributed by atoms with Crippen molar-refractivity contribution >= 4 is 61.5 Å². The van der Waals surface area contributed by atoms with Crippen molar-refractivity contribution in [3.05, 3.63) is 212 Å². The molecular weight excluding hydrogens is 729 g/mol. The van der Waals surface area contributed by atoms with Crippen molar-refractivity contribution < 1.29 is 8.23 Å². The molecule has 0 aliphatic heterocycles. The summed E-state index contributed by atoms with van der Waals surface area (Å²) >= 11 is 0. The predicted molar refractivity (Wildman–Crippen MR) is 245 cm³/mol. The first-order valence-electron chi connectivity index (χ1n) is 20.5. The monoisotopic (exact) mass is 782 g/mol. The molecule has 5 heteroatoms. The van der Waals surface area contributed by atoms with E-state index in [-0.39, 0.29) is 0 Å². The first kappa shape index (κ1) is 39.3. The van der Waals surface area contributed by atoms with E-state index in [4.69, 9.17) is 8.23 Å². The van der Waals surface area contributed by atoms with Crippen LogP contribution in [-0.4, -0.2) is 25.2 Å². The molecule has 0 spiro atoms. The summed E-state index contributed by atoms with van der Waals surface area (Å²) in [5.74, 6) is 0. The molecule has 0 unspecified atom stereocenters. The number of rotatable bonds is 19. The van der Waals surface area contributed by atoms with Crippen LogP contribution in [0.4, 0.5) is 0 Å². The molecule has 0 N–H and O–H groups in total. The molecule has 0 bridgehead atoms. The van der Waals surface area contributed by atoms with E-state index in [1.807, 2.05) is 0 Å². The molecule has 0 amide bonds. The minimum absolute atomic E-state index is 0.841. The van der Waals surface area contributed by atoms with Crippen LogP contribution in [0.2, 0.25) is 6.04 Å². The number of hydrogen-bond donors (Lipinski definition) is 0. The zero-order chi connectivity index (χ0) is 38.4. The van der Waals surface area contributed by atoms with Gasteiger partial charge in [0, 0.05) is 0 Å². The van der Waals surface area contributed by atoms with E-state index in [1.165, 1.54) is 68.4 Å². The summed E-state index contributed by atoms with van der Waals surface area (Å²) < 4.78 is 17.3. The number of hydrogen-bond acceptors (Lipinski definition) is 2. The van der Waals surface area contributed by atoms with Gasteiger partial charge in [-0.05, 0) is 42.4 Å². The Kier molecular flexibility index (Phi) is 13.6. The maximum atomic E-state index is 8.63. The SMILES string of the molecule is CCCCCCCCC[Si](O[Si](c1ccccc1)(c1ccccc1)c1ccccc1)(O[Si](c1ccccc1)(c1ccccc1)c1ccccc1)c1ccccc1. The van der Waals surface area contributed by atoms with Gasteiger partial charge in [0.2, 0.25) is 0 Å². The molecule has 56 heavy (non-hydrogen) atoms. The minimum Gasteiger partial charge on any atom is -0.422 e. The Bertz CT molecular complexity index is 1830. The lowest BCUT2D eigenvalue weighted by Gasteiger charge is -2.47. The van der Waals surface area contributed by atoms with E-state index < -0.39 is 25.2 Å². The van der Waals surface area contributed by atoms with Crippen molar-refractivity contribution in [2.75, 3.05) is 0 Å². The van der Waals surface area contributed by atoms with Crippen molar-refractivity contribution in [2.45, 2.75) is 57.9 Å². The minimum atomic E-state index is -3.49. The van der Waals surface area contributed by atoms with Gasteiger partial charge in [-0.1, -0.05) is 264 Å². The molecule has 0 radical (unpaired) electrons. The largest absolute Gasteiger partial charge is 0.422 e. The molecule has 0 saturated carbocycles. The Morgan fingerprint density at radius 1 is 0.286 bits per heavy atom. The fourth-order valence-corrected chi connectivity index (χ4v) is 25.0. The lowest BCUT2D eigenvalue weighted by Crippen LogP contribution is -2.80. The van der Waals surface area contributed by atoms with Crippen LogP contribution in [0.25, 0.3) is 0 Å². The quantitative estimate of drug-likeness (QED) is 0.0466. The molecule has 0 aliphatic carbocycles. The van der Waals surface area contributed by atoms with Crippen molar-refractivity contribution in [2.24, 2.45) is 0 Å². The number of unbranched alkanes of at least 4 members (excludes halogenated alkanes) is 6. The summed E-state index contributed by atoms with van der Waals surface area (Å²) in [5, 5.41) is 8.52. The second-order valence-corrected chi connectivity index (χ2v) is 25.2. The van der Waals surface area contributed by atoms with Crippen molar-refractivity contribution in [1.82, 2.24) is 0 Å². The van der Waals surface area contributed by atoms with E-state index in [0.717, 1.165) is 18.9 Å². The van der Waals surface area contributed by atoms with E-state index in [2.05, 4.69) is 219 Å². The van der Waals surface area contributed by atoms with Gasteiger partial charge in [0.15, 0.2) is 0 Å². The summed E-state index contributed by atoms with van der Waals surface area (Å²) in [4.78, 5) is 0. The van der Waals surface area contributed by atoms with Crippen LogP contribution < -0.4 is 36.3 Å². The topological polar surface area (TPSA) is 18.5 Å². The average Bonchev–Trinajstić information content (AvgIpc) is 3.29. The lowest BCUT2D eigenvalue weighted by atomic mass is 10.1. The highest BCUT2D eigenvalue weighted by Gasteiger charge is 2.57. The third-order valence-corrected chi connectivity index (χ3v) is 25.2. The van der Waals surface area contributed by atoms with E-state index >= 15 is 0 Å². The Morgan fingerprint density at radius 3 is 0.786 bits per heavy atom. The standard InChI is InChI=1S/C51H54O2Si3/c1-2-3-4-5-6-7-29-44-54(45-30-15-8-16-31-45,52-55(46-32-17-9-18-33-46,47-34-19-10-20-35-47)48-36-21-11-22-37-48)53-56(49-38-23-12-24-39-49,50-40-25-13-26-41-50)51-42-27-14-28-43-51/h8-28,30-43H,2-7,29,44H2,1H3. The molecular formula is C51H54O2Si3.